The number of benzene rings is 1. The summed E-state index contributed by atoms with van der Waals surface area (Å²) in [4.78, 5) is 37.0. The van der Waals surface area contributed by atoms with E-state index < -0.39 is 17.9 Å². The van der Waals surface area contributed by atoms with Crippen molar-refractivity contribution in [3.8, 4) is 11.5 Å². The Morgan fingerprint density at radius 1 is 1.35 bits per heavy atom. The molecule has 4 N–H and O–H groups in total. The third-order valence-electron chi connectivity index (χ3n) is 4.14. The summed E-state index contributed by atoms with van der Waals surface area (Å²) in [6, 6.07) is 4.88. The van der Waals surface area contributed by atoms with Gasteiger partial charge < -0.3 is 25.8 Å². The molecule has 1 aliphatic heterocycles. The van der Waals surface area contributed by atoms with Crippen LogP contribution in [-0.2, 0) is 20.9 Å². The lowest BCUT2D eigenvalue weighted by molar-refractivity contribution is -0.134. The molecule has 9 heteroatoms. The smallest absolute Gasteiger partial charge is 0.237 e. The molecular weight excluding hydrogens is 340 g/mol. The first kappa shape index (κ1) is 19.5. The van der Waals surface area contributed by atoms with Gasteiger partial charge in [-0.05, 0) is 6.07 Å². The van der Waals surface area contributed by atoms with Crippen LogP contribution >= 0.6 is 0 Å². The Bertz CT molecular complexity index is 679. The maximum absolute atomic E-state index is 12.3. The Kier molecular flexibility index (Phi) is 6.79. The van der Waals surface area contributed by atoms with Gasteiger partial charge in [-0.1, -0.05) is 12.1 Å². The minimum absolute atomic E-state index is 0.0641. The van der Waals surface area contributed by atoms with Crippen LogP contribution in [0.3, 0.4) is 0 Å². The van der Waals surface area contributed by atoms with E-state index in [1.165, 1.54) is 0 Å². The molecule has 0 aliphatic carbocycles. The van der Waals surface area contributed by atoms with Crippen molar-refractivity contribution in [2.24, 2.45) is 5.73 Å². The number of carbonyl (C=O) groups excluding carboxylic acids is 3. The van der Waals surface area contributed by atoms with Crippen molar-refractivity contribution >= 4 is 17.7 Å². The van der Waals surface area contributed by atoms with Crippen LogP contribution in [0.15, 0.2) is 18.2 Å². The standard InChI is InChI=1S/C17H24N4O5/c1-25-13-5-3-4-11(16(13)26-2)10-21-7-6-19-17(24)12(21)8-15(23)20-9-14(18)22/h3-5,12H,6-10H2,1-2H3,(H2,18,22)(H,19,24)(H,20,23). The molecule has 9 nitrogen and oxygen atoms in total. The van der Waals surface area contributed by atoms with Crippen molar-refractivity contribution in [2.75, 3.05) is 33.9 Å². The second-order valence-corrected chi connectivity index (χ2v) is 5.88. The third kappa shape index (κ3) is 4.85. The number of primary amides is 1. The number of piperazine rings is 1. The first-order chi connectivity index (χ1) is 12.5. The molecule has 1 aromatic carbocycles. The van der Waals surface area contributed by atoms with Gasteiger partial charge in [0.25, 0.3) is 0 Å². The number of hydrogen-bond acceptors (Lipinski definition) is 6. The largest absolute Gasteiger partial charge is 0.493 e. The number of para-hydroxylation sites is 1. The number of ether oxygens (including phenoxy) is 2. The summed E-state index contributed by atoms with van der Waals surface area (Å²) in [5, 5.41) is 5.17. The average Bonchev–Trinajstić information content (AvgIpc) is 2.62. The number of nitrogens with one attached hydrogen (secondary N) is 2. The Labute approximate surface area is 151 Å². The Balaban J connectivity index is 2.14. The maximum Gasteiger partial charge on any atom is 0.237 e. The van der Waals surface area contributed by atoms with Crippen LogP contribution in [0.4, 0.5) is 0 Å². The van der Waals surface area contributed by atoms with Crippen LogP contribution in [0.1, 0.15) is 12.0 Å². The van der Waals surface area contributed by atoms with Gasteiger partial charge in [0, 0.05) is 25.2 Å². The summed E-state index contributed by atoms with van der Waals surface area (Å²) >= 11 is 0. The zero-order valence-electron chi connectivity index (χ0n) is 14.9. The van der Waals surface area contributed by atoms with Crippen LogP contribution in [0.5, 0.6) is 11.5 Å². The van der Waals surface area contributed by atoms with Gasteiger partial charge in [-0.2, -0.15) is 0 Å². The van der Waals surface area contributed by atoms with Crippen LogP contribution < -0.4 is 25.8 Å². The lowest BCUT2D eigenvalue weighted by Crippen LogP contribution is -2.56. The van der Waals surface area contributed by atoms with Gasteiger partial charge in [-0.15, -0.1) is 0 Å². The second-order valence-electron chi connectivity index (χ2n) is 5.88. The van der Waals surface area contributed by atoms with Crippen molar-refractivity contribution in [2.45, 2.75) is 19.0 Å². The van der Waals surface area contributed by atoms with Crippen LogP contribution in [0.25, 0.3) is 0 Å². The van der Waals surface area contributed by atoms with Crippen LogP contribution in [0.2, 0.25) is 0 Å². The van der Waals surface area contributed by atoms with Crippen molar-refractivity contribution in [1.82, 2.24) is 15.5 Å². The van der Waals surface area contributed by atoms with Crippen molar-refractivity contribution in [3.05, 3.63) is 23.8 Å². The number of methoxy groups -OCH3 is 2. The molecule has 1 fully saturated rings. The van der Waals surface area contributed by atoms with E-state index in [-0.39, 0.29) is 18.9 Å². The first-order valence-corrected chi connectivity index (χ1v) is 8.23. The molecule has 0 saturated carbocycles. The summed E-state index contributed by atoms with van der Waals surface area (Å²) in [7, 11) is 3.11. The number of rotatable bonds is 8. The molecule has 0 aromatic heterocycles. The molecule has 1 heterocycles. The Morgan fingerprint density at radius 2 is 2.12 bits per heavy atom. The quantitative estimate of drug-likeness (QED) is 0.543. The lowest BCUT2D eigenvalue weighted by Gasteiger charge is -2.35. The van der Waals surface area contributed by atoms with Gasteiger partial charge in [-0.25, -0.2) is 0 Å². The van der Waals surface area contributed by atoms with E-state index in [0.717, 1.165) is 5.56 Å². The predicted octanol–water partition coefficient (Wildman–Crippen LogP) is -1.00. The van der Waals surface area contributed by atoms with E-state index in [4.69, 9.17) is 15.2 Å². The maximum atomic E-state index is 12.3. The van der Waals surface area contributed by atoms with Crippen molar-refractivity contribution in [3.63, 3.8) is 0 Å². The minimum Gasteiger partial charge on any atom is -0.493 e. The predicted molar refractivity (Wildman–Crippen MR) is 93.6 cm³/mol. The van der Waals surface area contributed by atoms with Gasteiger partial charge in [0.05, 0.1) is 33.2 Å². The summed E-state index contributed by atoms with van der Waals surface area (Å²) in [5.74, 6) is -0.0784. The van der Waals surface area contributed by atoms with Crippen molar-refractivity contribution < 1.29 is 23.9 Å². The molecule has 1 aromatic rings. The number of carbonyl (C=O) groups is 3. The van der Waals surface area contributed by atoms with E-state index in [9.17, 15) is 14.4 Å². The minimum atomic E-state index is -0.646. The highest BCUT2D eigenvalue weighted by atomic mass is 16.5. The van der Waals surface area contributed by atoms with Gasteiger partial charge in [0.15, 0.2) is 11.5 Å². The molecule has 1 unspecified atom stereocenters. The monoisotopic (exact) mass is 364 g/mol. The first-order valence-electron chi connectivity index (χ1n) is 8.23. The van der Waals surface area contributed by atoms with E-state index in [2.05, 4.69) is 10.6 Å². The van der Waals surface area contributed by atoms with Crippen LogP contribution in [0, 0.1) is 0 Å². The number of nitrogens with two attached hydrogens (primary N) is 1. The van der Waals surface area contributed by atoms with E-state index >= 15 is 0 Å². The normalized spacial score (nSPS) is 17.3. The van der Waals surface area contributed by atoms with Gasteiger partial charge in [-0.3, -0.25) is 19.3 Å². The zero-order chi connectivity index (χ0) is 19.1. The Morgan fingerprint density at radius 3 is 2.77 bits per heavy atom. The highest BCUT2D eigenvalue weighted by Gasteiger charge is 2.32. The molecule has 26 heavy (non-hydrogen) atoms. The molecule has 1 saturated heterocycles. The summed E-state index contributed by atoms with van der Waals surface area (Å²) < 4.78 is 10.7. The summed E-state index contributed by atoms with van der Waals surface area (Å²) in [5.41, 5.74) is 5.87. The molecule has 0 bridgehead atoms. The van der Waals surface area contributed by atoms with Gasteiger partial charge >= 0.3 is 0 Å². The van der Waals surface area contributed by atoms with E-state index in [1.807, 2.05) is 17.0 Å². The highest BCUT2D eigenvalue weighted by Crippen LogP contribution is 2.32. The average molecular weight is 364 g/mol. The molecule has 0 radical (unpaired) electrons. The molecule has 1 atom stereocenters. The molecule has 1 aliphatic rings. The number of nitrogens with zero attached hydrogens (tertiary/aromatic N) is 1. The second kappa shape index (κ2) is 9.04. The third-order valence-corrected chi connectivity index (χ3v) is 4.14. The van der Waals surface area contributed by atoms with Gasteiger partial charge in [0.2, 0.25) is 17.7 Å². The van der Waals surface area contributed by atoms with Gasteiger partial charge in [0.1, 0.15) is 0 Å². The van der Waals surface area contributed by atoms with E-state index in [0.29, 0.717) is 31.1 Å². The molecule has 142 valence electrons. The molecule has 0 spiro atoms. The molecule has 2 rings (SSSR count). The highest BCUT2D eigenvalue weighted by molar-refractivity contribution is 5.90. The van der Waals surface area contributed by atoms with Crippen LogP contribution in [-0.4, -0.2) is 62.5 Å². The fourth-order valence-electron chi connectivity index (χ4n) is 2.90. The topological polar surface area (TPSA) is 123 Å². The fourth-order valence-corrected chi connectivity index (χ4v) is 2.90. The van der Waals surface area contributed by atoms with E-state index in [1.54, 1.807) is 20.3 Å². The SMILES string of the molecule is COc1cccc(CN2CCNC(=O)C2CC(=O)NCC(N)=O)c1OC. The molecular formula is C17H24N4O5. The number of hydrogen-bond donors (Lipinski definition) is 3. The zero-order valence-corrected chi connectivity index (χ0v) is 14.9. The summed E-state index contributed by atoms with van der Waals surface area (Å²) in [6.45, 7) is 1.24. The fraction of sp³-hybridized carbons (Fsp3) is 0.471. The molecule has 3 amide bonds. The Hall–Kier alpha value is -2.81. The van der Waals surface area contributed by atoms with Crippen molar-refractivity contribution in [1.29, 1.82) is 0 Å². The number of amides is 3. The summed E-state index contributed by atoms with van der Waals surface area (Å²) in [6.07, 6.45) is -0.0641. The lowest BCUT2D eigenvalue weighted by atomic mass is 10.1.